The summed E-state index contributed by atoms with van der Waals surface area (Å²) in [6.45, 7) is 19.0. The summed E-state index contributed by atoms with van der Waals surface area (Å²) < 4.78 is 42.4. The van der Waals surface area contributed by atoms with Crippen molar-refractivity contribution >= 4 is 39.8 Å². The third kappa shape index (κ3) is 18.7. The van der Waals surface area contributed by atoms with Crippen molar-refractivity contribution < 1.29 is 47.6 Å². The SMILES string of the molecule is CC(C)(C)[C@H](c1cc(-c2cc(F)ccc2F)cn1Cc1ccccc1)N(CC[C@H](N)C(=O)NCCNC(=O)CC[C@H](NC(O)OCC[Si](C)(C)C)C(=O)OCC[Si](C)(C)C)C(=O)CO. The fourth-order valence-corrected chi connectivity index (χ4v) is 8.36. The highest BCUT2D eigenvalue weighted by molar-refractivity contribution is 6.76. The largest absolute Gasteiger partial charge is 0.465 e. The third-order valence-electron chi connectivity index (χ3n) is 10.5. The maximum Gasteiger partial charge on any atom is 0.323 e. The molecule has 1 unspecified atom stereocenters. The highest BCUT2D eigenvalue weighted by atomic mass is 28.3. The van der Waals surface area contributed by atoms with Gasteiger partial charge in [-0.2, -0.15) is 0 Å². The first kappa shape index (κ1) is 54.0. The number of carbonyl (C=O) groups excluding carboxylic acids is 4. The zero-order chi connectivity index (χ0) is 47.8. The van der Waals surface area contributed by atoms with Crippen LogP contribution >= 0.6 is 0 Å². The smallest absolute Gasteiger partial charge is 0.323 e. The summed E-state index contributed by atoms with van der Waals surface area (Å²) in [5.41, 5.74) is 7.67. The first-order chi connectivity index (χ1) is 29.9. The summed E-state index contributed by atoms with van der Waals surface area (Å²) >= 11 is 0. The Hall–Kier alpha value is -4.31. The molecule has 1 aromatic heterocycles. The Morgan fingerprint density at radius 1 is 0.891 bits per heavy atom. The number of rotatable bonds is 26. The predicted octanol–water partition coefficient (Wildman–Crippen LogP) is 5.59. The van der Waals surface area contributed by atoms with E-state index >= 15 is 4.39 Å². The molecule has 0 fully saturated rings. The lowest BCUT2D eigenvalue weighted by Crippen LogP contribution is -2.48. The van der Waals surface area contributed by atoms with Gasteiger partial charge in [0.05, 0.1) is 18.7 Å². The van der Waals surface area contributed by atoms with E-state index in [1.807, 2.05) is 55.7 Å². The van der Waals surface area contributed by atoms with Gasteiger partial charge in [0.1, 0.15) is 24.3 Å². The van der Waals surface area contributed by atoms with Crippen LogP contribution in [-0.4, -0.2) is 117 Å². The molecule has 3 rings (SSSR count). The number of nitrogens with two attached hydrogens (primary N) is 1. The van der Waals surface area contributed by atoms with Gasteiger partial charge in [-0.1, -0.05) is 90.4 Å². The Morgan fingerprint density at radius 2 is 1.53 bits per heavy atom. The quantitative estimate of drug-likeness (QED) is 0.0256. The fourth-order valence-electron chi connectivity index (χ4n) is 6.92. The van der Waals surface area contributed by atoms with Gasteiger partial charge >= 0.3 is 5.97 Å². The van der Waals surface area contributed by atoms with Gasteiger partial charge in [0.15, 0.2) is 0 Å². The molecule has 1 heterocycles. The number of halogens is 2. The number of nitrogens with zero attached hydrogens (tertiary/aromatic N) is 2. The minimum Gasteiger partial charge on any atom is -0.465 e. The Morgan fingerprint density at radius 3 is 2.16 bits per heavy atom. The maximum atomic E-state index is 15.1. The average Bonchev–Trinajstić information content (AvgIpc) is 3.60. The summed E-state index contributed by atoms with van der Waals surface area (Å²) in [5, 5.41) is 28.8. The topological polar surface area (TPSA) is 197 Å². The van der Waals surface area contributed by atoms with Crippen LogP contribution in [0.1, 0.15) is 57.3 Å². The molecule has 0 saturated heterocycles. The molecule has 0 spiro atoms. The standard InChI is InChI=1S/C46H72F2N6O8Si2/c1-46(2,3)42(39-27-33(35-28-34(47)15-16-36(35)48)30-53(39)29-32-13-11-10-12-14-32)54(41(57)31-55)22-19-37(49)43(58)51-21-20-50-40(56)18-17-38(44(59)61-23-25-63(4,5)6)52-45(60)62-24-26-64(7,8)9/h10-16,27-28,30,37-38,42,45,52,55,60H,17-26,29,31,49H2,1-9H3,(H,50,56)(H,51,58)/t37-,38-,42-,45?/m0/s1. The first-order valence-corrected chi connectivity index (χ1v) is 29.4. The van der Waals surface area contributed by atoms with E-state index in [1.165, 1.54) is 4.90 Å². The van der Waals surface area contributed by atoms with Crippen LogP contribution in [-0.2, 0) is 35.2 Å². The number of aromatic nitrogens is 1. The summed E-state index contributed by atoms with van der Waals surface area (Å²) in [5.74, 6) is -3.32. The molecule has 0 bridgehead atoms. The van der Waals surface area contributed by atoms with Crippen molar-refractivity contribution in [2.24, 2.45) is 11.1 Å². The fraction of sp³-hybridized carbons (Fsp3) is 0.565. The van der Waals surface area contributed by atoms with Crippen molar-refractivity contribution in [1.82, 2.24) is 25.4 Å². The molecule has 3 aromatic rings. The molecular formula is C46H72F2N6O8Si2. The summed E-state index contributed by atoms with van der Waals surface area (Å²) in [6, 6.07) is 13.3. The second-order valence-corrected chi connectivity index (χ2v) is 31.0. The number of aliphatic hydroxyl groups excluding tert-OH is 2. The van der Waals surface area contributed by atoms with Crippen LogP contribution < -0.4 is 21.7 Å². The molecule has 4 atom stereocenters. The summed E-state index contributed by atoms with van der Waals surface area (Å²) in [6.07, 6.45) is 0.263. The molecule has 0 aliphatic rings. The van der Waals surface area contributed by atoms with Gasteiger partial charge in [-0.25, -0.2) is 8.78 Å². The van der Waals surface area contributed by atoms with Crippen molar-refractivity contribution in [2.45, 2.75) is 122 Å². The van der Waals surface area contributed by atoms with Gasteiger partial charge in [-0.15, -0.1) is 0 Å². The van der Waals surface area contributed by atoms with Gasteiger partial charge in [-0.05, 0) is 60.2 Å². The Kier molecular flexibility index (Phi) is 21.0. The molecule has 64 heavy (non-hydrogen) atoms. The van der Waals surface area contributed by atoms with Gasteiger partial charge in [-0.3, -0.25) is 24.5 Å². The molecule has 0 saturated carbocycles. The summed E-state index contributed by atoms with van der Waals surface area (Å²) in [4.78, 5) is 54.0. The monoisotopic (exact) mass is 930 g/mol. The van der Waals surface area contributed by atoms with Crippen LogP contribution in [0.2, 0.25) is 51.4 Å². The zero-order valence-electron chi connectivity index (χ0n) is 39.1. The van der Waals surface area contributed by atoms with E-state index < -0.39 is 82.1 Å². The third-order valence-corrected chi connectivity index (χ3v) is 13.9. The Balaban J connectivity index is 1.65. The minimum atomic E-state index is -1.48. The number of hydrogen-bond donors (Lipinski definition) is 6. The predicted molar refractivity (Wildman–Crippen MR) is 250 cm³/mol. The first-order valence-electron chi connectivity index (χ1n) is 22.0. The number of benzene rings is 2. The zero-order valence-corrected chi connectivity index (χ0v) is 41.1. The van der Waals surface area contributed by atoms with Gasteiger partial charge in [0, 0.05) is 78.4 Å². The number of esters is 1. The molecule has 2 aromatic carbocycles. The number of aliphatic hydroxyl groups is 2. The average molecular weight is 931 g/mol. The van der Waals surface area contributed by atoms with E-state index in [0.29, 0.717) is 24.4 Å². The van der Waals surface area contributed by atoms with E-state index in [4.69, 9.17) is 15.2 Å². The highest BCUT2D eigenvalue weighted by Gasteiger charge is 2.37. The number of nitrogens with one attached hydrogen (secondary N) is 3. The number of ether oxygens (including phenoxy) is 2. The van der Waals surface area contributed by atoms with Gasteiger partial charge in [0.2, 0.25) is 24.1 Å². The molecule has 0 aliphatic heterocycles. The molecule has 18 heteroatoms. The van der Waals surface area contributed by atoms with Crippen molar-refractivity contribution in [1.29, 1.82) is 0 Å². The van der Waals surface area contributed by atoms with Crippen LogP contribution in [0.15, 0.2) is 60.8 Å². The lowest BCUT2D eigenvalue weighted by molar-refractivity contribution is -0.156. The van der Waals surface area contributed by atoms with E-state index in [2.05, 4.69) is 55.2 Å². The Bertz CT molecular complexity index is 1970. The number of carbonyl (C=O) groups is 4. The van der Waals surface area contributed by atoms with Crippen molar-refractivity contribution in [3.63, 3.8) is 0 Å². The molecule has 14 nitrogen and oxygen atoms in total. The molecular weight excluding hydrogens is 859 g/mol. The Labute approximate surface area is 379 Å². The molecule has 7 N–H and O–H groups in total. The van der Waals surface area contributed by atoms with E-state index in [-0.39, 0.29) is 57.0 Å². The van der Waals surface area contributed by atoms with Crippen LogP contribution in [0.5, 0.6) is 0 Å². The second kappa shape index (κ2) is 24.8. The van der Waals surface area contributed by atoms with Crippen LogP contribution in [0.25, 0.3) is 11.1 Å². The van der Waals surface area contributed by atoms with E-state index in [0.717, 1.165) is 35.9 Å². The van der Waals surface area contributed by atoms with E-state index in [1.54, 1.807) is 12.3 Å². The highest BCUT2D eigenvalue weighted by Crippen LogP contribution is 2.41. The van der Waals surface area contributed by atoms with Crippen LogP contribution in [0.4, 0.5) is 8.78 Å². The molecule has 0 aliphatic carbocycles. The van der Waals surface area contributed by atoms with Crippen molar-refractivity contribution in [3.8, 4) is 11.1 Å². The van der Waals surface area contributed by atoms with Crippen LogP contribution in [0, 0.1) is 17.0 Å². The minimum absolute atomic E-state index is 0.0113. The van der Waals surface area contributed by atoms with Crippen molar-refractivity contribution in [3.05, 3.63) is 83.7 Å². The van der Waals surface area contributed by atoms with Crippen molar-refractivity contribution in [2.75, 3.05) is 39.5 Å². The number of hydrogen-bond acceptors (Lipinski definition) is 10. The number of amides is 3. The molecule has 356 valence electrons. The van der Waals surface area contributed by atoms with Crippen LogP contribution in [0.3, 0.4) is 0 Å². The molecule has 0 radical (unpaired) electrons. The summed E-state index contributed by atoms with van der Waals surface area (Å²) in [7, 11) is -2.90. The normalized spacial score (nSPS) is 14.0. The second-order valence-electron chi connectivity index (χ2n) is 19.7. The van der Waals surface area contributed by atoms with Gasteiger partial charge in [0.25, 0.3) is 0 Å². The lowest BCUT2D eigenvalue weighted by Gasteiger charge is -2.41. The maximum absolute atomic E-state index is 15.1. The lowest BCUT2D eigenvalue weighted by atomic mass is 9.82. The van der Waals surface area contributed by atoms with E-state index in [9.17, 15) is 33.8 Å². The van der Waals surface area contributed by atoms with Gasteiger partial charge < -0.3 is 45.5 Å². The molecule has 3 amide bonds.